The normalized spacial score (nSPS) is 16.7. The minimum atomic E-state index is -0.166. The fourth-order valence-corrected chi connectivity index (χ4v) is 3.75. The van der Waals surface area contributed by atoms with Crippen LogP contribution in [0.15, 0.2) is 54.7 Å². The van der Waals surface area contributed by atoms with Crippen molar-refractivity contribution in [3.63, 3.8) is 0 Å². The van der Waals surface area contributed by atoms with Gasteiger partial charge >= 0.3 is 0 Å². The Labute approximate surface area is 152 Å². The predicted octanol–water partition coefficient (Wildman–Crippen LogP) is 3.27. The van der Waals surface area contributed by atoms with Crippen LogP contribution in [0.4, 0.5) is 5.69 Å². The highest BCUT2D eigenvalue weighted by atomic mass is 16.3. The molecule has 0 amide bonds. The molecular weight excluding hydrogens is 326 g/mol. The van der Waals surface area contributed by atoms with Gasteiger partial charge in [-0.25, -0.2) is 0 Å². The zero-order valence-electron chi connectivity index (χ0n) is 14.9. The lowest BCUT2D eigenvalue weighted by Gasteiger charge is -2.38. The van der Waals surface area contributed by atoms with E-state index in [9.17, 15) is 9.90 Å². The Morgan fingerprint density at radius 3 is 2.50 bits per heavy atom. The molecular formula is C21H23N3O2. The van der Waals surface area contributed by atoms with Crippen molar-refractivity contribution in [3.8, 4) is 5.75 Å². The molecule has 1 saturated heterocycles. The van der Waals surface area contributed by atoms with Crippen molar-refractivity contribution < 1.29 is 9.90 Å². The predicted molar refractivity (Wildman–Crippen MR) is 104 cm³/mol. The molecule has 1 aromatic heterocycles. The van der Waals surface area contributed by atoms with Gasteiger partial charge in [0, 0.05) is 48.8 Å². The summed E-state index contributed by atoms with van der Waals surface area (Å²) in [6.07, 6.45) is 1.82. The van der Waals surface area contributed by atoms with Crippen LogP contribution in [0, 0.1) is 0 Å². The number of H-pyrrole nitrogens is 1. The summed E-state index contributed by atoms with van der Waals surface area (Å²) >= 11 is 0. The Kier molecular flexibility index (Phi) is 4.39. The number of ketones is 1. The lowest BCUT2D eigenvalue weighted by atomic mass is 10.0. The number of aromatic nitrogens is 1. The average molecular weight is 349 g/mol. The van der Waals surface area contributed by atoms with E-state index < -0.39 is 0 Å². The number of nitrogens with zero attached hydrogens (tertiary/aromatic N) is 2. The number of rotatable bonds is 4. The minimum absolute atomic E-state index is 0.151. The third kappa shape index (κ3) is 2.95. The number of phenolic OH excluding ortho intramolecular Hbond substituents is 1. The molecule has 1 fully saturated rings. The lowest BCUT2D eigenvalue weighted by Crippen LogP contribution is -2.51. The molecule has 4 rings (SSSR count). The van der Waals surface area contributed by atoms with Gasteiger partial charge in [-0.1, -0.05) is 30.3 Å². The van der Waals surface area contributed by atoms with E-state index in [0.717, 1.165) is 48.3 Å². The number of aromatic amines is 1. The number of carbonyl (C=O) groups is 1. The first kappa shape index (κ1) is 16.7. The van der Waals surface area contributed by atoms with Crippen molar-refractivity contribution >= 4 is 22.4 Å². The molecule has 2 N–H and O–H groups in total. The largest absolute Gasteiger partial charge is 0.506 e. The van der Waals surface area contributed by atoms with Gasteiger partial charge in [-0.05, 0) is 25.1 Å². The topological polar surface area (TPSA) is 59.6 Å². The van der Waals surface area contributed by atoms with Crippen molar-refractivity contribution in [1.82, 2.24) is 9.88 Å². The van der Waals surface area contributed by atoms with Gasteiger partial charge < -0.3 is 15.0 Å². The SMILES string of the molecule is C[C@@H](C(=O)c1c[nH]c2ccccc12)N1CCN(c2ccccc2O)CC1. The van der Waals surface area contributed by atoms with Gasteiger partial charge in [0.05, 0.1) is 11.7 Å². The summed E-state index contributed by atoms with van der Waals surface area (Å²) in [5.74, 6) is 0.460. The molecule has 1 atom stereocenters. The van der Waals surface area contributed by atoms with E-state index >= 15 is 0 Å². The van der Waals surface area contributed by atoms with Crippen LogP contribution in [0.2, 0.25) is 0 Å². The average Bonchev–Trinajstić information content (AvgIpc) is 3.11. The molecule has 0 spiro atoms. The highest BCUT2D eigenvalue weighted by Gasteiger charge is 2.28. The number of anilines is 1. The van der Waals surface area contributed by atoms with Crippen molar-refractivity contribution in [2.45, 2.75) is 13.0 Å². The summed E-state index contributed by atoms with van der Waals surface area (Å²) in [7, 11) is 0. The second-order valence-electron chi connectivity index (χ2n) is 6.80. The number of phenols is 1. The molecule has 0 saturated carbocycles. The van der Waals surface area contributed by atoms with Gasteiger partial charge in [-0.2, -0.15) is 0 Å². The molecule has 2 aromatic carbocycles. The second kappa shape index (κ2) is 6.84. The molecule has 0 bridgehead atoms. The summed E-state index contributed by atoms with van der Waals surface area (Å²) in [5.41, 5.74) is 2.62. The summed E-state index contributed by atoms with van der Waals surface area (Å²) in [6.45, 7) is 5.17. The number of piperazine rings is 1. The highest BCUT2D eigenvalue weighted by molar-refractivity contribution is 6.10. The van der Waals surface area contributed by atoms with Crippen molar-refractivity contribution in [2.75, 3.05) is 31.1 Å². The summed E-state index contributed by atoms with van der Waals surface area (Å²) in [4.78, 5) is 20.6. The lowest BCUT2D eigenvalue weighted by molar-refractivity contribution is 0.0831. The maximum Gasteiger partial charge on any atom is 0.181 e. The number of hydrogen-bond donors (Lipinski definition) is 2. The van der Waals surface area contributed by atoms with Crippen LogP contribution >= 0.6 is 0 Å². The van der Waals surface area contributed by atoms with Crippen LogP contribution < -0.4 is 4.90 Å². The first-order chi connectivity index (χ1) is 12.6. The monoisotopic (exact) mass is 349 g/mol. The molecule has 0 aliphatic carbocycles. The molecule has 134 valence electrons. The van der Waals surface area contributed by atoms with E-state index in [-0.39, 0.29) is 11.8 Å². The molecule has 3 aromatic rings. The Hall–Kier alpha value is -2.79. The highest BCUT2D eigenvalue weighted by Crippen LogP contribution is 2.28. The van der Waals surface area contributed by atoms with Crippen LogP contribution in [-0.4, -0.2) is 53.0 Å². The van der Waals surface area contributed by atoms with E-state index in [1.54, 1.807) is 6.07 Å². The molecule has 2 heterocycles. The minimum Gasteiger partial charge on any atom is -0.506 e. The zero-order chi connectivity index (χ0) is 18.1. The maximum absolute atomic E-state index is 13.0. The standard InChI is InChI=1S/C21H23N3O2/c1-15(21(26)17-14-22-18-7-3-2-6-16(17)18)23-10-12-24(13-11-23)19-8-4-5-9-20(19)25/h2-9,14-15,22,25H,10-13H2,1H3/t15-/m0/s1. The van der Waals surface area contributed by atoms with E-state index in [4.69, 9.17) is 0 Å². The molecule has 26 heavy (non-hydrogen) atoms. The van der Waals surface area contributed by atoms with Crippen LogP contribution in [-0.2, 0) is 0 Å². The van der Waals surface area contributed by atoms with Crippen molar-refractivity contribution in [1.29, 1.82) is 0 Å². The van der Waals surface area contributed by atoms with Gasteiger partial charge in [0.1, 0.15) is 5.75 Å². The summed E-state index contributed by atoms with van der Waals surface area (Å²) in [5, 5.41) is 11.0. The van der Waals surface area contributed by atoms with E-state index in [2.05, 4.69) is 14.8 Å². The first-order valence-corrected chi connectivity index (χ1v) is 9.02. The first-order valence-electron chi connectivity index (χ1n) is 9.02. The number of para-hydroxylation sites is 3. The maximum atomic E-state index is 13.0. The molecule has 0 radical (unpaired) electrons. The van der Waals surface area contributed by atoms with E-state index in [0.29, 0.717) is 5.75 Å². The van der Waals surface area contributed by atoms with Crippen LogP contribution in [0.3, 0.4) is 0 Å². The molecule has 1 aliphatic heterocycles. The third-order valence-corrected chi connectivity index (χ3v) is 5.32. The number of carbonyl (C=O) groups excluding carboxylic acids is 1. The Balaban J connectivity index is 1.46. The van der Waals surface area contributed by atoms with Crippen LogP contribution in [0.5, 0.6) is 5.75 Å². The van der Waals surface area contributed by atoms with Gasteiger partial charge in [0.25, 0.3) is 0 Å². The third-order valence-electron chi connectivity index (χ3n) is 5.32. The second-order valence-corrected chi connectivity index (χ2v) is 6.80. The molecule has 5 heteroatoms. The quantitative estimate of drug-likeness (QED) is 0.710. The smallest absolute Gasteiger partial charge is 0.181 e. The van der Waals surface area contributed by atoms with Gasteiger partial charge in [-0.15, -0.1) is 0 Å². The summed E-state index contributed by atoms with van der Waals surface area (Å²) in [6, 6.07) is 15.2. The Morgan fingerprint density at radius 2 is 1.73 bits per heavy atom. The van der Waals surface area contributed by atoms with Crippen LogP contribution in [0.25, 0.3) is 10.9 Å². The number of nitrogens with one attached hydrogen (secondary N) is 1. The molecule has 5 nitrogen and oxygen atoms in total. The molecule has 1 aliphatic rings. The Morgan fingerprint density at radius 1 is 1.04 bits per heavy atom. The number of hydrogen-bond acceptors (Lipinski definition) is 4. The fraction of sp³-hybridized carbons (Fsp3) is 0.286. The van der Waals surface area contributed by atoms with Gasteiger partial charge in [-0.3, -0.25) is 9.69 Å². The number of fused-ring (bicyclic) bond motifs is 1. The van der Waals surface area contributed by atoms with Crippen LogP contribution in [0.1, 0.15) is 17.3 Å². The van der Waals surface area contributed by atoms with Gasteiger partial charge in [0.15, 0.2) is 5.78 Å². The van der Waals surface area contributed by atoms with Gasteiger partial charge in [0.2, 0.25) is 0 Å². The fourth-order valence-electron chi connectivity index (χ4n) is 3.75. The number of benzene rings is 2. The van der Waals surface area contributed by atoms with Crippen molar-refractivity contribution in [2.24, 2.45) is 0 Å². The Bertz CT molecular complexity index is 926. The number of aromatic hydroxyl groups is 1. The summed E-state index contributed by atoms with van der Waals surface area (Å²) < 4.78 is 0. The van der Waals surface area contributed by atoms with E-state index in [1.807, 2.05) is 55.6 Å². The number of Topliss-reactive ketones (excluding diaryl/α,β-unsaturated/α-hetero) is 1. The van der Waals surface area contributed by atoms with E-state index in [1.165, 1.54) is 0 Å². The molecule has 0 unspecified atom stereocenters. The zero-order valence-corrected chi connectivity index (χ0v) is 14.9. The van der Waals surface area contributed by atoms with Crippen molar-refractivity contribution in [3.05, 3.63) is 60.3 Å².